The van der Waals surface area contributed by atoms with E-state index in [4.69, 9.17) is 4.98 Å². The largest absolute Gasteiger partial charge is 0.301 e. The van der Waals surface area contributed by atoms with Gasteiger partial charge in [0.05, 0.1) is 23.8 Å². The summed E-state index contributed by atoms with van der Waals surface area (Å²) in [6.45, 7) is 6.83. The van der Waals surface area contributed by atoms with Crippen molar-refractivity contribution in [2.75, 3.05) is 13.1 Å². The van der Waals surface area contributed by atoms with Crippen molar-refractivity contribution in [3.05, 3.63) is 30.5 Å². The zero-order chi connectivity index (χ0) is 13.9. The Kier molecular flexibility index (Phi) is 3.78. The van der Waals surface area contributed by atoms with Crippen molar-refractivity contribution in [1.82, 2.24) is 25.1 Å². The normalized spacial score (nSPS) is 17.8. The van der Waals surface area contributed by atoms with Crippen LogP contribution in [0.15, 0.2) is 24.8 Å². The summed E-state index contributed by atoms with van der Waals surface area (Å²) in [6, 6.07) is 0.638. The molecule has 0 spiro atoms. The van der Waals surface area contributed by atoms with Crippen molar-refractivity contribution in [2.24, 2.45) is 0 Å². The molecule has 0 atom stereocenters. The van der Waals surface area contributed by atoms with Gasteiger partial charge in [-0.15, -0.1) is 0 Å². The molecule has 0 unspecified atom stereocenters. The number of hydrogen-bond donors (Lipinski definition) is 1. The summed E-state index contributed by atoms with van der Waals surface area (Å²) in [4.78, 5) is 11.7. The molecule has 0 saturated carbocycles. The quantitative estimate of drug-likeness (QED) is 0.931. The van der Waals surface area contributed by atoms with Gasteiger partial charge < -0.3 is 4.90 Å². The highest BCUT2D eigenvalue weighted by atomic mass is 15.1. The van der Waals surface area contributed by atoms with Crippen LogP contribution in [0.4, 0.5) is 0 Å². The van der Waals surface area contributed by atoms with Gasteiger partial charge in [-0.2, -0.15) is 5.10 Å². The minimum absolute atomic E-state index is 0.532. The molecule has 20 heavy (non-hydrogen) atoms. The topological polar surface area (TPSA) is 57.7 Å². The number of H-pyrrole nitrogens is 1. The molecule has 5 heteroatoms. The van der Waals surface area contributed by atoms with E-state index in [2.05, 4.69) is 33.9 Å². The second kappa shape index (κ2) is 5.71. The average molecular weight is 271 g/mol. The van der Waals surface area contributed by atoms with Crippen LogP contribution in [-0.4, -0.2) is 44.2 Å². The van der Waals surface area contributed by atoms with E-state index < -0.39 is 0 Å². The van der Waals surface area contributed by atoms with Gasteiger partial charge in [0.2, 0.25) is 0 Å². The second-order valence-corrected chi connectivity index (χ2v) is 5.72. The van der Waals surface area contributed by atoms with E-state index in [1.807, 2.05) is 12.4 Å². The summed E-state index contributed by atoms with van der Waals surface area (Å²) >= 11 is 0. The third kappa shape index (κ3) is 2.72. The third-order valence-electron chi connectivity index (χ3n) is 4.13. The van der Waals surface area contributed by atoms with Crippen LogP contribution in [0.1, 0.15) is 38.3 Å². The molecule has 0 aliphatic carbocycles. The molecule has 1 saturated heterocycles. The number of aromatic nitrogens is 4. The lowest BCUT2D eigenvalue weighted by Gasteiger charge is -2.34. The number of nitrogens with one attached hydrogen (secondary N) is 1. The predicted octanol–water partition coefficient (Wildman–Crippen LogP) is 2.45. The molecule has 1 fully saturated rings. The van der Waals surface area contributed by atoms with Crippen molar-refractivity contribution in [3.63, 3.8) is 0 Å². The van der Waals surface area contributed by atoms with Gasteiger partial charge in [-0.3, -0.25) is 10.1 Å². The lowest BCUT2D eigenvalue weighted by molar-refractivity contribution is 0.170. The predicted molar refractivity (Wildman–Crippen MR) is 78.3 cm³/mol. The van der Waals surface area contributed by atoms with Crippen LogP contribution in [0.3, 0.4) is 0 Å². The first-order valence-electron chi connectivity index (χ1n) is 7.29. The third-order valence-corrected chi connectivity index (χ3v) is 4.13. The molecule has 0 radical (unpaired) electrons. The van der Waals surface area contributed by atoms with Crippen molar-refractivity contribution in [1.29, 1.82) is 0 Å². The molecule has 0 aromatic carbocycles. The monoisotopic (exact) mass is 271 g/mol. The van der Waals surface area contributed by atoms with Gasteiger partial charge in [-0.1, -0.05) is 0 Å². The van der Waals surface area contributed by atoms with Crippen LogP contribution in [-0.2, 0) is 0 Å². The van der Waals surface area contributed by atoms with E-state index in [1.165, 1.54) is 12.8 Å². The Balaban J connectivity index is 1.74. The first-order chi connectivity index (χ1) is 9.74. The van der Waals surface area contributed by atoms with Crippen LogP contribution in [0.5, 0.6) is 0 Å². The van der Waals surface area contributed by atoms with E-state index in [0.717, 1.165) is 30.0 Å². The van der Waals surface area contributed by atoms with Gasteiger partial charge in [-0.25, -0.2) is 4.98 Å². The van der Waals surface area contributed by atoms with Gasteiger partial charge in [-0.05, 0) is 39.8 Å². The maximum atomic E-state index is 4.77. The van der Waals surface area contributed by atoms with Crippen LogP contribution < -0.4 is 0 Å². The molecule has 1 N–H and O–H groups in total. The molecular formula is C15H21N5. The fourth-order valence-electron chi connectivity index (χ4n) is 2.82. The van der Waals surface area contributed by atoms with E-state index in [9.17, 15) is 0 Å². The molecule has 3 heterocycles. The van der Waals surface area contributed by atoms with Crippen molar-refractivity contribution in [3.8, 4) is 11.3 Å². The standard InChI is InChI=1S/C15H21N5/c1-11(2)20-5-3-12(4-6-20)14-9-16-10-15(19-14)13-7-17-18-8-13/h7-12H,3-6H2,1-2H3,(H,17,18). The van der Waals surface area contributed by atoms with Gasteiger partial charge in [0.25, 0.3) is 0 Å². The van der Waals surface area contributed by atoms with Crippen molar-refractivity contribution < 1.29 is 0 Å². The van der Waals surface area contributed by atoms with E-state index >= 15 is 0 Å². The lowest BCUT2D eigenvalue weighted by Crippen LogP contribution is -2.38. The summed E-state index contributed by atoms with van der Waals surface area (Å²) in [5, 5.41) is 6.79. The summed E-state index contributed by atoms with van der Waals surface area (Å²) in [7, 11) is 0. The number of piperidine rings is 1. The van der Waals surface area contributed by atoms with Crippen LogP contribution >= 0.6 is 0 Å². The first-order valence-corrected chi connectivity index (χ1v) is 7.29. The highest BCUT2D eigenvalue weighted by molar-refractivity contribution is 5.55. The van der Waals surface area contributed by atoms with Gasteiger partial charge in [0, 0.05) is 29.9 Å². The molecule has 106 valence electrons. The highest BCUT2D eigenvalue weighted by Gasteiger charge is 2.23. The lowest BCUT2D eigenvalue weighted by atomic mass is 9.93. The molecule has 2 aromatic rings. The molecule has 0 bridgehead atoms. The van der Waals surface area contributed by atoms with Gasteiger partial charge >= 0.3 is 0 Å². The number of rotatable bonds is 3. The molecular weight excluding hydrogens is 250 g/mol. The van der Waals surface area contributed by atoms with Crippen LogP contribution in [0.25, 0.3) is 11.3 Å². The molecule has 3 rings (SSSR count). The second-order valence-electron chi connectivity index (χ2n) is 5.72. The number of nitrogens with zero attached hydrogens (tertiary/aromatic N) is 4. The van der Waals surface area contributed by atoms with Crippen LogP contribution in [0, 0.1) is 0 Å². The summed E-state index contributed by atoms with van der Waals surface area (Å²) < 4.78 is 0. The maximum absolute atomic E-state index is 4.77. The number of aromatic amines is 1. The first kappa shape index (κ1) is 13.2. The Morgan fingerprint density at radius 2 is 2.00 bits per heavy atom. The summed E-state index contributed by atoms with van der Waals surface area (Å²) in [5.74, 6) is 0.532. The van der Waals surface area contributed by atoms with E-state index in [-0.39, 0.29) is 0 Å². The van der Waals surface area contributed by atoms with Crippen molar-refractivity contribution in [2.45, 2.75) is 38.6 Å². The Hall–Kier alpha value is -1.75. The SMILES string of the molecule is CC(C)N1CCC(c2cncc(-c3cn[nH]c3)n2)CC1. The molecule has 0 amide bonds. The van der Waals surface area contributed by atoms with Gasteiger partial charge in [0.1, 0.15) is 0 Å². The fraction of sp³-hybridized carbons (Fsp3) is 0.533. The Bertz CT molecular complexity index is 541. The van der Waals surface area contributed by atoms with Crippen molar-refractivity contribution >= 4 is 0 Å². The molecule has 1 aliphatic rings. The van der Waals surface area contributed by atoms with Crippen LogP contribution in [0.2, 0.25) is 0 Å². The molecule has 5 nitrogen and oxygen atoms in total. The molecule has 2 aromatic heterocycles. The fourth-order valence-corrected chi connectivity index (χ4v) is 2.82. The summed E-state index contributed by atoms with van der Waals surface area (Å²) in [6.07, 6.45) is 9.70. The number of hydrogen-bond acceptors (Lipinski definition) is 4. The van der Waals surface area contributed by atoms with E-state index in [1.54, 1.807) is 12.4 Å². The summed E-state index contributed by atoms with van der Waals surface area (Å²) in [5.41, 5.74) is 3.02. The van der Waals surface area contributed by atoms with Gasteiger partial charge in [0.15, 0.2) is 0 Å². The van der Waals surface area contributed by atoms with E-state index in [0.29, 0.717) is 12.0 Å². The Morgan fingerprint density at radius 1 is 1.20 bits per heavy atom. The zero-order valence-electron chi connectivity index (χ0n) is 12.1. The maximum Gasteiger partial charge on any atom is 0.0920 e. The number of likely N-dealkylation sites (tertiary alicyclic amines) is 1. The minimum atomic E-state index is 0.532. The Labute approximate surface area is 119 Å². The minimum Gasteiger partial charge on any atom is -0.301 e. The Morgan fingerprint density at radius 3 is 2.65 bits per heavy atom. The smallest absolute Gasteiger partial charge is 0.0920 e. The highest BCUT2D eigenvalue weighted by Crippen LogP contribution is 2.28. The zero-order valence-corrected chi connectivity index (χ0v) is 12.1. The molecule has 1 aliphatic heterocycles. The average Bonchev–Trinajstić information content (AvgIpc) is 3.02.